The van der Waals surface area contributed by atoms with E-state index in [0.717, 1.165) is 62.4 Å². The van der Waals surface area contributed by atoms with Crippen LogP contribution in [0.5, 0.6) is 0 Å². The molecule has 0 aromatic carbocycles. The van der Waals surface area contributed by atoms with Gasteiger partial charge in [0.1, 0.15) is 5.82 Å². The monoisotopic (exact) mass is 384 g/mol. The topological polar surface area (TPSA) is 38.7 Å². The largest absolute Gasteiger partial charge is 0.356 e. The molecule has 6 heteroatoms. The minimum absolute atomic E-state index is 0.765. The van der Waals surface area contributed by atoms with Crippen molar-refractivity contribution in [2.75, 3.05) is 62.7 Å². The van der Waals surface area contributed by atoms with Crippen LogP contribution in [0.4, 0.5) is 11.8 Å². The van der Waals surface area contributed by atoms with Gasteiger partial charge in [-0.05, 0) is 58.0 Å². The number of aryl methyl sites for hydroxylation is 1. The lowest BCUT2D eigenvalue weighted by atomic mass is 10.0. The predicted octanol–water partition coefficient (Wildman–Crippen LogP) is 2.24. The molecule has 4 fully saturated rings. The Balaban J connectivity index is 1.24. The van der Waals surface area contributed by atoms with E-state index in [4.69, 9.17) is 9.97 Å². The average molecular weight is 385 g/mol. The second-order valence-electron chi connectivity index (χ2n) is 9.33. The van der Waals surface area contributed by atoms with Crippen LogP contribution in [0, 0.1) is 5.92 Å². The third-order valence-electron chi connectivity index (χ3n) is 7.66. The van der Waals surface area contributed by atoms with Gasteiger partial charge in [0.15, 0.2) is 0 Å². The summed E-state index contributed by atoms with van der Waals surface area (Å²) >= 11 is 0. The number of anilines is 2. The summed E-state index contributed by atoms with van der Waals surface area (Å²) < 4.78 is 0. The van der Waals surface area contributed by atoms with Crippen LogP contribution in [-0.4, -0.2) is 84.7 Å². The van der Waals surface area contributed by atoms with Crippen molar-refractivity contribution in [1.82, 2.24) is 19.8 Å². The van der Waals surface area contributed by atoms with Crippen LogP contribution in [0.3, 0.4) is 0 Å². The van der Waals surface area contributed by atoms with Crippen molar-refractivity contribution in [3.8, 4) is 0 Å². The van der Waals surface area contributed by atoms with Gasteiger partial charge in [-0.1, -0.05) is 6.92 Å². The number of likely N-dealkylation sites (tertiary alicyclic amines) is 2. The molecular formula is C22H36N6. The summed E-state index contributed by atoms with van der Waals surface area (Å²) in [6, 6.07) is 3.81. The quantitative estimate of drug-likeness (QED) is 0.793. The molecule has 0 spiro atoms. The molecule has 5 rings (SSSR count). The third-order valence-corrected chi connectivity index (χ3v) is 7.66. The Hall–Kier alpha value is -1.40. The maximum absolute atomic E-state index is 4.99. The Labute approximate surface area is 169 Å². The van der Waals surface area contributed by atoms with E-state index in [0.29, 0.717) is 0 Å². The second-order valence-corrected chi connectivity index (χ2v) is 9.33. The predicted molar refractivity (Wildman–Crippen MR) is 114 cm³/mol. The molecule has 0 amide bonds. The molecule has 6 nitrogen and oxygen atoms in total. The minimum Gasteiger partial charge on any atom is -0.356 e. The van der Waals surface area contributed by atoms with Gasteiger partial charge in [-0.2, -0.15) is 4.98 Å². The van der Waals surface area contributed by atoms with E-state index in [1.165, 1.54) is 57.4 Å². The molecule has 2 atom stereocenters. The van der Waals surface area contributed by atoms with Crippen molar-refractivity contribution in [1.29, 1.82) is 0 Å². The number of nitrogens with zero attached hydrogens (tertiary/aromatic N) is 6. The van der Waals surface area contributed by atoms with Gasteiger partial charge in [0.2, 0.25) is 5.95 Å². The first-order valence-electron chi connectivity index (χ1n) is 11.5. The minimum atomic E-state index is 0.765. The molecule has 1 aromatic heterocycles. The molecule has 1 aromatic rings. The van der Waals surface area contributed by atoms with Gasteiger partial charge < -0.3 is 14.7 Å². The average Bonchev–Trinajstić information content (AvgIpc) is 3.47. The maximum atomic E-state index is 4.99. The third kappa shape index (κ3) is 3.50. The van der Waals surface area contributed by atoms with E-state index < -0.39 is 0 Å². The summed E-state index contributed by atoms with van der Waals surface area (Å²) in [6.07, 6.45) is 7.47. The number of hydrogen-bond acceptors (Lipinski definition) is 6. The zero-order valence-electron chi connectivity index (χ0n) is 17.7. The van der Waals surface area contributed by atoms with Gasteiger partial charge in [0.25, 0.3) is 0 Å². The molecule has 28 heavy (non-hydrogen) atoms. The molecular weight excluding hydrogens is 348 g/mol. The number of rotatable bonds is 4. The van der Waals surface area contributed by atoms with E-state index in [1.54, 1.807) is 0 Å². The standard InChI is InChI=1S/C22H36N6/c1-3-18-14-21(24-22(23-18)27-9-4-5-10-27)26-12-7-19(8-13-26)28-15-17-6-11-25(2)20(17)16-28/h14,17,19-20H,3-13,15-16H2,1-2H3/t17-,20+/m1/s1. The fraction of sp³-hybridized carbons (Fsp3) is 0.818. The maximum Gasteiger partial charge on any atom is 0.227 e. The molecule has 0 bridgehead atoms. The second kappa shape index (κ2) is 7.79. The van der Waals surface area contributed by atoms with Crippen LogP contribution in [0.1, 0.15) is 44.7 Å². The lowest BCUT2D eigenvalue weighted by molar-refractivity contribution is 0.180. The van der Waals surface area contributed by atoms with Gasteiger partial charge >= 0.3 is 0 Å². The number of piperidine rings is 1. The highest BCUT2D eigenvalue weighted by Crippen LogP contribution is 2.34. The first-order valence-corrected chi connectivity index (χ1v) is 11.5. The molecule has 4 aliphatic heterocycles. The van der Waals surface area contributed by atoms with Gasteiger partial charge in [-0.3, -0.25) is 4.90 Å². The van der Waals surface area contributed by atoms with Crippen LogP contribution in [-0.2, 0) is 6.42 Å². The Kier molecular flexibility index (Phi) is 5.18. The summed E-state index contributed by atoms with van der Waals surface area (Å²) in [5, 5.41) is 0. The van der Waals surface area contributed by atoms with Crippen LogP contribution in [0.25, 0.3) is 0 Å². The Morgan fingerprint density at radius 3 is 2.43 bits per heavy atom. The summed E-state index contributed by atoms with van der Waals surface area (Å²) in [4.78, 5) is 20.1. The normalized spacial score (nSPS) is 29.8. The van der Waals surface area contributed by atoms with E-state index in [-0.39, 0.29) is 0 Å². The van der Waals surface area contributed by atoms with Crippen molar-refractivity contribution in [2.24, 2.45) is 5.92 Å². The smallest absolute Gasteiger partial charge is 0.227 e. The van der Waals surface area contributed by atoms with Crippen molar-refractivity contribution in [3.63, 3.8) is 0 Å². The fourth-order valence-corrected chi connectivity index (χ4v) is 5.83. The molecule has 0 N–H and O–H groups in total. The number of fused-ring (bicyclic) bond motifs is 1. The van der Waals surface area contributed by atoms with E-state index >= 15 is 0 Å². The summed E-state index contributed by atoms with van der Waals surface area (Å²) in [7, 11) is 2.31. The highest BCUT2D eigenvalue weighted by molar-refractivity contribution is 5.47. The number of aromatic nitrogens is 2. The molecule has 0 radical (unpaired) electrons. The van der Waals surface area contributed by atoms with Crippen LogP contribution < -0.4 is 9.80 Å². The van der Waals surface area contributed by atoms with Crippen LogP contribution >= 0.6 is 0 Å². The Morgan fingerprint density at radius 1 is 0.929 bits per heavy atom. The summed E-state index contributed by atoms with van der Waals surface area (Å²) in [5.74, 6) is 3.04. The first kappa shape index (κ1) is 18.6. The molecule has 0 aliphatic carbocycles. The van der Waals surface area contributed by atoms with Gasteiger partial charge in [0.05, 0.1) is 0 Å². The summed E-state index contributed by atoms with van der Waals surface area (Å²) in [6.45, 7) is 10.6. The molecule has 5 heterocycles. The van der Waals surface area contributed by atoms with Crippen LogP contribution in [0.15, 0.2) is 6.07 Å². The van der Waals surface area contributed by atoms with Crippen molar-refractivity contribution < 1.29 is 0 Å². The number of likely N-dealkylation sites (N-methyl/N-ethyl adjacent to an activating group) is 1. The van der Waals surface area contributed by atoms with E-state index in [9.17, 15) is 0 Å². The molecule has 154 valence electrons. The highest BCUT2D eigenvalue weighted by atomic mass is 15.3. The van der Waals surface area contributed by atoms with Crippen molar-refractivity contribution >= 4 is 11.8 Å². The van der Waals surface area contributed by atoms with Gasteiger partial charge in [-0.25, -0.2) is 4.98 Å². The first-order chi connectivity index (χ1) is 13.7. The summed E-state index contributed by atoms with van der Waals surface area (Å²) in [5.41, 5.74) is 1.18. The fourth-order valence-electron chi connectivity index (χ4n) is 5.83. The molecule has 0 unspecified atom stereocenters. The molecule has 0 saturated carbocycles. The highest BCUT2D eigenvalue weighted by Gasteiger charge is 2.42. The Morgan fingerprint density at radius 2 is 1.71 bits per heavy atom. The van der Waals surface area contributed by atoms with Crippen molar-refractivity contribution in [2.45, 2.75) is 57.5 Å². The van der Waals surface area contributed by atoms with Gasteiger partial charge in [0, 0.05) is 63.1 Å². The van der Waals surface area contributed by atoms with Gasteiger partial charge in [-0.15, -0.1) is 0 Å². The molecule has 4 aliphatic rings. The van der Waals surface area contributed by atoms with E-state index in [2.05, 4.69) is 39.6 Å². The SMILES string of the molecule is CCc1cc(N2CCC(N3C[C@H]4CCN(C)[C@H]4C3)CC2)nc(N2CCCC2)n1. The zero-order valence-corrected chi connectivity index (χ0v) is 17.7. The lowest BCUT2D eigenvalue weighted by Gasteiger charge is -2.38. The zero-order chi connectivity index (χ0) is 19.1. The lowest BCUT2D eigenvalue weighted by Crippen LogP contribution is -2.45. The van der Waals surface area contributed by atoms with Crippen molar-refractivity contribution in [3.05, 3.63) is 11.8 Å². The van der Waals surface area contributed by atoms with E-state index in [1.807, 2.05) is 0 Å². The number of hydrogen-bond donors (Lipinski definition) is 0. The Bertz CT molecular complexity index is 680. The molecule has 4 saturated heterocycles. The van der Waals surface area contributed by atoms with Crippen LogP contribution in [0.2, 0.25) is 0 Å².